The second-order valence-electron chi connectivity index (χ2n) is 4.80. The van der Waals surface area contributed by atoms with Crippen molar-refractivity contribution in [3.8, 4) is 5.75 Å². The first-order valence-corrected chi connectivity index (χ1v) is 7.05. The second kappa shape index (κ2) is 6.23. The van der Waals surface area contributed by atoms with E-state index in [1.165, 1.54) is 0 Å². The number of carbonyl (C=O) groups is 1. The number of phenols is 1. The van der Waals surface area contributed by atoms with Gasteiger partial charge >= 0.3 is 0 Å². The zero-order chi connectivity index (χ0) is 13.9. The zero-order valence-electron chi connectivity index (χ0n) is 11.2. The Morgan fingerprint density at radius 3 is 2.56 bits per heavy atom. The van der Waals surface area contributed by atoms with Gasteiger partial charge in [0.2, 0.25) is 5.91 Å². The predicted molar refractivity (Wildman–Crippen MR) is 78.4 cm³/mol. The molecule has 100 valence electrons. The summed E-state index contributed by atoms with van der Waals surface area (Å²) in [7, 11) is 0. The molecule has 0 bridgehead atoms. The molecular weight excluding hydrogens is 294 g/mol. The summed E-state index contributed by atoms with van der Waals surface area (Å²) in [6.45, 7) is 7.80. The van der Waals surface area contributed by atoms with Gasteiger partial charge in [-0.2, -0.15) is 0 Å². The molecule has 0 aromatic heterocycles. The monoisotopic (exact) mass is 313 g/mol. The maximum Gasteiger partial charge on any atom is 0.238 e. The molecule has 0 saturated heterocycles. The van der Waals surface area contributed by atoms with Gasteiger partial charge in [-0.3, -0.25) is 4.79 Å². The van der Waals surface area contributed by atoms with Crippen molar-refractivity contribution in [1.82, 2.24) is 0 Å². The number of alkyl halides is 1. The van der Waals surface area contributed by atoms with Crippen LogP contribution in [0.5, 0.6) is 5.75 Å². The fourth-order valence-corrected chi connectivity index (χ4v) is 1.77. The highest BCUT2D eigenvalue weighted by Gasteiger charge is 2.20. The van der Waals surface area contributed by atoms with E-state index in [-0.39, 0.29) is 22.4 Å². The maximum atomic E-state index is 11.9. The minimum Gasteiger partial charge on any atom is -0.505 e. The molecule has 0 aliphatic heterocycles. The molecule has 0 heterocycles. The smallest absolute Gasteiger partial charge is 0.238 e. The van der Waals surface area contributed by atoms with Gasteiger partial charge in [0.1, 0.15) is 5.75 Å². The first-order valence-electron chi connectivity index (χ1n) is 6.14. The van der Waals surface area contributed by atoms with Crippen molar-refractivity contribution in [3.63, 3.8) is 0 Å². The van der Waals surface area contributed by atoms with Gasteiger partial charge in [-0.1, -0.05) is 42.8 Å². The second-order valence-corrected chi connectivity index (χ2v) is 5.78. The van der Waals surface area contributed by atoms with Crippen molar-refractivity contribution >= 4 is 27.5 Å². The third kappa shape index (κ3) is 3.48. The molecule has 0 spiro atoms. The number of rotatable bonds is 4. The van der Waals surface area contributed by atoms with Crippen molar-refractivity contribution in [3.05, 3.63) is 23.3 Å². The van der Waals surface area contributed by atoms with E-state index in [1.54, 1.807) is 0 Å². The number of aromatic hydroxyl groups is 1. The van der Waals surface area contributed by atoms with E-state index in [1.807, 2.05) is 39.8 Å². The molecule has 1 amide bonds. The molecule has 4 heteroatoms. The Kier molecular flexibility index (Phi) is 5.20. The lowest BCUT2D eigenvalue weighted by Gasteiger charge is -2.16. The Labute approximate surface area is 117 Å². The molecular formula is C14H20BrNO2. The summed E-state index contributed by atoms with van der Waals surface area (Å²) in [5, 5.41) is 12.7. The van der Waals surface area contributed by atoms with Crippen LogP contribution in [0, 0.1) is 12.8 Å². The number of aryl methyl sites for hydroxylation is 2. The van der Waals surface area contributed by atoms with Crippen LogP contribution in [0.1, 0.15) is 31.9 Å². The Bertz CT molecular complexity index is 444. The first-order chi connectivity index (χ1) is 8.36. The quantitative estimate of drug-likeness (QED) is 0.659. The highest BCUT2D eigenvalue weighted by Crippen LogP contribution is 2.30. The highest BCUT2D eigenvalue weighted by molar-refractivity contribution is 9.10. The number of carbonyl (C=O) groups excluding carboxylic acids is 1. The Hall–Kier alpha value is -1.03. The van der Waals surface area contributed by atoms with Crippen LogP contribution in [0.25, 0.3) is 0 Å². The van der Waals surface area contributed by atoms with Crippen LogP contribution < -0.4 is 5.32 Å². The standard InChI is InChI=1S/C14H20BrNO2/c1-5-10-6-9(4)13(17)11(7-10)16-14(18)12(15)8(2)3/h6-8,12,17H,5H2,1-4H3,(H,16,18). The predicted octanol–water partition coefficient (Wildman–Crippen LogP) is 3.62. The first kappa shape index (κ1) is 15.0. The SMILES string of the molecule is CCc1cc(C)c(O)c(NC(=O)C(Br)C(C)C)c1. The summed E-state index contributed by atoms with van der Waals surface area (Å²) >= 11 is 3.35. The lowest BCUT2D eigenvalue weighted by molar-refractivity contribution is -0.116. The van der Waals surface area contributed by atoms with Gasteiger partial charge in [0, 0.05) is 0 Å². The van der Waals surface area contributed by atoms with Crippen LogP contribution in [0.4, 0.5) is 5.69 Å². The number of amides is 1. The lowest BCUT2D eigenvalue weighted by Crippen LogP contribution is -2.27. The number of halogens is 1. The fraction of sp³-hybridized carbons (Fsp3) is 0.500. The molecule has 1 unspecified atom stereocenters. The number of anilines is 1. The number of phenolic OH excluding ortho intramolecular Hbond substituents is 1. The summed E-state index contributed by atoms with van der Waals surface area (Å²) < 4.78 is 0. The summed E-state index contributed by atoms with van der Waals surface area (Å²) in [6, 6.07) is 3.75. The average molecular weight is 314 g/mol. The highest BCUT2D eigenvalue weighted by atomic mass is 79.9. The van der Waals surface area contributed by atoms with Gasteiger partial charge < -0.3 is 10.4 Å². The van der Waals surface area contributed by atoms with Crippen LogP contribution in [-0.2, 0) is 11.2 Å². The molecule has 0 fully saturated rings. The zero-order valence-corrected chi connectivity index (χ0v) is 12.8. The van der Waals surface area contributed by atoms with Crippen LogP contribution in [0.15, 0.2) is 12.1 Å². The maximum absolute atomic E-state index is 11.9. The van der Waals surface area contributed by atoms with Crippen molar-refractivity contribution < 1.29 is 9.90 Å². The number of hydrogen-bond donors (Lipinski definition) is 2. The van der Waals surface area contributed by atoms with Gasteiger partial charge in [-0.15, -0.1) is 0 Å². The molecule has 1 aromatic carbocycles. The molecule has 0 saturated carbocycles. The summed E-state index contributed by atoms with van der Waals surface area (Å²) in [6.07, 6.45) is 0.867. The van der Waals surface area contributed by atoms with Crippen LogP contribution in [0.3, 0.4) is 0 Å². The topological polar surface area (TPSA) is 49.3 Å². The van der Waals surface area contributed by atoms with Crippen molar-refractivity contribution in [2.75, 3.05) is 5.32 Å². The number of nitrogens with one attached hydrogen (secondary N) is 1. The molecule has 2 N–H and O–H groups in total. The molecule has 0 aliphatic rings. The molecule has 1 aromatic rings. The molecule has 3 nitrogen and oxygen atoms in total. The minimum atomic E-state index is -0.262. The molecule has 18 heavy (non-hydrogen) atoms. The van der Waals surface area contributed by atoms with Crippen LogP contribution in [0.2, 0.25) is 0 Å². The van der Waals surface area contributed by atoms with Gasteiger partial charge in [-0.25, -0.2) is 0 Å². The Balaban J connectivity index is 2.97. The van der Waals surface area contributed by atoms with E-state index in [9.17, 15) is 9.90 Å². The summed E-state index contributed by atoms with van der Waals surface area (Å²) in [4.78, 5) is 11.7. The van der Waals surface area contributed by atoms with Gasteiger partial charge in [-0.05, 0) is 36.5 Å². The lowest BCUT2D eigenvalue weighted by atomic mass is 10.1. The van der Waals surface area contributed by atoms with E-state index in [4.69, 9.17) is 0 Å². The third-order valence-electron chi connectivity index (χ3n) is 2.86. The summed E-state index contributed by atoms with van der Waals surface area (Å²) in [5.41, 5.74) is 2.36. The molecule has 0 aliphatic carbocycles. The van der Waals surface area contributed by atoms with E-state index in [2.05, 4.69) is 21.2 Å². The van der Waals surface area contributed by atoms with Crippen LogP contribution in [-0.4, -0.2) is 15.8 Å². The largest absolute Gasteiger partial charge is 0.505 e. The van der Waals surface area contributed by atoms with Crippen molar-refractivity contribution in [2.45, 2.75) is 38.9 Å². The Morgan fingerprint density at radius 1 is 1.44 bits per heavy atom. The fourth-order valence-electron chi connectivity index (χ4n) is 1.66. The summed E-state index contributed by atoms with van der Waals surface area (Å²) in [5.74, 6) is 0.208. The van der Waals surface area contributed by atoms with Crippen molar-refractivity contribution in [2.24, 2.45) is 5.92 Å². The van der Waals surface area contributed by atoms with E-state index < -0.39 is 0 Å². The average Bonchev–Trinajstić information content (AvgIpc) is 2.33. The van der Waals surface area contributed by atoms with E-state index >= 15 is 0 Å². The van der Waals surface area contributed by atoms with Gasteiger partial charge in [0.05, 0.1) is 10.5 Å². The van der Waals surface area contributed by atoms with Crippen LogP contribution >= 0.6 is 15.9 Å². The van der Waals surface area contributed by atoms with Gasteiger partial charge in [0.15, 0.2) is 0 Å². The van der Waals surface area contributed by atoms with E-state index in [0.717, 1.165) is 17.5 Å². The molecule has 0 radical (unpaired) electrons. The Morgan fingerprint density at radius 2 is 2.06 bits per heavy atom. The van der Waals surface area contributed by atoms with Gasteiger partial charge in [0.25, 0.3) is 0 Å². The number of hydrogen-bond acceptors (Lipinski definition) is 2. The minimum absolute atomic E-state index is 0.132. The van der Waals surface area contributed by atoms with Crippen molar-refractivity contribution in [1.29, 1.82) is 0 Å². The molecule has 1 rings (SSSR count). The normalized spacial score (nSPS) is 12.6. The molecule has 1 atom stereocenters. The number of benzene rings is 1. The van der Waals surface area contributed by atoms with E-state index in [0.29, 0.717) is 5.69 Å². The third-order valence-corrected chi connectivity index (χ3v) is 4.34.